The Bertz CT molecular complexity index is 699. The maximum Gasteiger partial charge on any atom is 0.271 e. The minimum absolute atomic E-state index is 0.327. The molecule has 0 saturated heterocycles. The third kappa shape index (κ3) is 4.54. The van der Waals surface area contributed by atoms with Gasteiger partial charge in [0.15, 0.2) is 11.5 Å². The molecule has 5 nitrogen and oxygen atoms in total. The summed E-state index contributed by atoms with van der Waals surface area (Å²) < 4.78 is 23.5. The van der Waals surface area contributed by atoms with Crippen molar-refractivity contribution in [2.75, 3.05) is 13.7 Å². The van der Waals surface area contributed by atoms with Crippen LogP contribution in [0.3, 0.4) is 0 Å². The zero-order valence-electron chi connectivity index (χ0n) is 12.9. The van der Waals surface area contributed by atoms with Crippen LogP contribution in [0, 0.1) is 5.82 Å². The summed E-state index contributed by atoms with van der Waals surface area (Å²) in [5.41, 5.74) is 3.45. The molecule has 0 aliphatic heterocycles. The number of nitrogens with zero attached hydrogens (tertiary/aromatic N) is 1. The van der Waals surface area contributed by atoms with E-state index in [0.717, 1.165) is 5.56 Å². The zero-order valence-corrected chi connectivity index (χ0v) is 12.9. The average Bonchev–Trinajstić information content (AvgIpc) is 2.56. The first kappa shape index (κ1) is 16.5. The molecule has 0 unspecified atom stereocenters. The molecule has 1 amide bonds. The number of carbonyl (C=O) groups excluding carboxylic acids is 1. The van der Waals surface area contributed by atoms with Crippen molar-refractivity contribution in [3.63, 3.8) is 0 Å². The van der Waals surface area contributed by atoms with E-state index in [1.54, 1.807) is 25.3 Å². The fourth-order valence-corrected chi connectivity index (χ4v) is 1.87. The Balaban J connectivity index is 2.03. The number of ether oxygens (including phenoxy) is 2. The van der Waals surface area contributed by atoms with E-state index >= 15 is 0 Å². The number of benzene rings is 2. The first-order valence-electron chi connectivity index (χ1n) is 7.04. The smallest absolute Gasteiger partial charge is 0.271 e. The SMILES string of the molecule is CCOc1cc(C=NNC(=O)c2ccc(F)cc2)ccc1OC. The molecule has 1 N–H and O–H groups in total. The molecule has 2 aromatic carbocycles. The molecule has 0 spiro atoms. The van der Waals surface area contributed by atoms with Crippen LogP contribution in [-0.4, -0.2) is 25.8 Å². The second kappa shape index (κ2) is 7.93. The van der Waals surface area contributed by atoms with Crippen LogP contribution in [-0.2, 0) is 0 Å². The fourth-order valence-electron chi connectivity index (χ4n) is 1.87. The number of methoxy groups -OCH3 is 1. The maximum absolute atomic E-state index is 12.8. The number of rotatable bonds is 6. The molecular weight excluding hydrogens is 299 g/mol. The highest BCUT2D eigenvalue weighted by molar-refractivity contribution is 5.94. The van der Waals surface area contributed by atoms with Crippen LogP contribution < -0.4 is 14.9 Å². The van der Waals surface area contributed by atoms with Gasteiger partial charge in [-0.05, 0) is 55.0 Å². The van der Waals surface area contributed by atoms with Crippen LogP contribution in [0.5, 0.6) is 11.5 Å². The summed E-state index contributed by atoms with van der Waals surface area (Å²) in [4.78, 5) is 11.8. The van der Waals surface area contributed by atoms with Gasteiger partial charge in [0.05, 0.1) is 19.9 Å². The number of hydrazone groups is 1. The van der Waals surface area contributed by atoms with Gasteiger partial charge in [-0.1, -0.05) is 0 Å². The lowest BCUT2D eigenvalue weighted by Crippen LogP contribution is -2.17. The summed E-state index contributed by atoms with van der Waals surface area (Å²) in [5.74, 6) is 0.412. The summed E-state index contributed by atoms with van der Waals surface area (Å²) in [6.45, 7) is 2.39. The third-order valence-corrected chi connectivity index (χ3v) is 2.97. The Morgan fingerprint density at radius 1 is 1.22 bits per heavy atom. The van der Waals surface area contributed by atoms with Crippen LogP contribution in [0.25, 0.3) is 0 Å². The van der Waals surface area contributed by atoms with Crippen molar-refractivity contribution < 1.29 is 18.7 Å². The van der Waals surface area contributed by atoms with Gasteiger partial charge in [-0.2, -0.15) is 5.10 Å². The maximum atomic E-state index is 12.8. The van der Waals surface area contributed by atoms with Crippen molar-refractivity contribution in [2.24, 2.45) is 5.10 Å². The largest absolute Gasteiger partial charge is 0.493 e. The van der Waals surface area contributed by atoms with Crippen LogP contribution in [0.15, 0.2) is 47.6 Å². The lowest BCUT2D eigenvalue weighted by Gasteiger charge is -2.09. The van der Waals surface area contributed by atoms with Gasteiger partial charge >= 0.3 is 0 Å². The number of amides is 1. The molecular formula is C17H17FN2O3. The predicted molar refractivity (Wildman–Crippen MR) is 85.6 cm³/mol. The Morgan fingerprint density at radius 3 is 2.61 bits per heavy atom. The third-order valence-electron chi connectivity index (χ3n) is 2.97. The molecule has 0 atom stereocenters. The van der Waals surface area contributed by atoms with Gasteiger partial charge in [0.2, 0.25) is 0 Å². The van der Waals surface area contributed by atoms with Gasteiger partial charge in [-0.3, -0.25) is 4.79 Å². The Labute approximate surface area is 133 Å². The molecule has 2 aromatic rings. The highest BCUT2D eigenvalue weighted by atomic mass is 19.1. The topological polar surface area (TPSA) is 59.9 Å². The van der Waals surface area contributed by atoms with Crippen LogP contribution in [0.4, 0.5) is 4.39 Å². The summed E-state index contributed by atoms with van der Waals surface area (Å²) in [6.07, 6.45) is 1.49. The molecule has 0 heterocycles. The minimum Gasteiger partial charge on any atom is -0.493 e. The first-order valence-corrected chi connectivity index (χ1v) is 7.04. The number of hydrogen-bond acceptors (Lipinski definition) is 4. The molecule has 0 saturated carbocycles. The fraction of sp³-hybridized carbons (Fsp3) is 0.176. The molecule has 0 aromatic heterocycles. The van der Waals surface area contributed by atoms with Gasteiger partial charge in [-0.25, -0.2) is 9.82 Å². The first-order chi connectivity index (χ1) is 11.1. The van der Waals surface area contributed by atoms with E-state index in [1.165, 1.54) is 30.5 Å². The number of halogens is 1. The van der Waals surface area contributed by atoms with Crippen molar-refractivity contribution in [3.05, 3.63) is 59.4 Å². The van der Waals surface area contributed by atoms with E-state index in [-0.39, 0.29) is 0 Å². The van der Waals surface area contributed by atoms with Crippen molar-refractivity contribution in [3.8, 4) is 11.5 Å². The normalized spacial score (nSPS) is 10.6. The summed E-state index contributed by atoms with van der Waals surface area (Å²) in [7, 11) is 1.56. The molecule has 6 heteroatoms. The molecule has 0 radical (unpaired) electrons. The minimum atomic E-state index is -0.417. The highest BCUT2D eigenvalue weighted by Crippen LogP contribution is 2.27. The highest BCUT2D eigenvalue weighted by Gasteiger charge is 2.05. The van der Waals surface area contributed by atoms with Gasteiger partial charge in [0, 0.05) is 5.56 Å². The van der Waals surface area contributed by atoms with Crippen LogP contribution >= 0.6 is 0 Å². The summed E-state index contributed by atoms with van der Waals surface area (Å²) in [5, 5.41) is 3.88. The second-order valence-corrected chi connectivity index (χ2v) is 4.55. The van der Waals surface area contributed by atoms with Gasteiger partial charge in [-0.15, -0.1) is 0 Å². The Hall–Kier alpha value is -2.89. The second-order valence-electron chi connectivity index (χ2n) is 4.55. The van der Waals surface area contributed by atoms with Crippen LogP contribution in [0.1, 0.15) is 22.8 Å². The quantitative estimate of drug-likeness (QED) is 0.658. The molecule has 0 aliphatic rings. The molecule has 0 bridgehead atoms. The van der Waals surface area contributed by atoms with Crippen molar-refractivity contribution in [1.82, 2.24) is 5.43 Å². The molecule has 0 aliphatic carbocycles. The summed E-state index contributed by atoms with van der Waals surface area (Å²) >= 11 is 0. The van der Waals surface area contributed by atoms with E-state index in [0.29, 0.717) is 23.7 Å². The lowest BCUT2D eigenvalue weighted by atomic mass is 10.2. The standard InChI is InChI=1S/C17H17FN2O3/c1-3-23-16-10-12(4-9-15(16)22-2)11-19-20-17(21)13-5-7-14(18)8-6-13/h4-11H,3H2,1-2H3,(H,20,21). The van der Waals surface area contributed by atoms with E-state index in [4.69, 9.17) is 9.47 Å². The molecule has 0 fully saturated rings. The Morgan fingerprint density at radius 2 is 1.96 bits per heavy atom. The van der Waals surface area contributed by atoms with Crippen molar-refractivity contribution >= 4 is 12.1 Å². The number of hydrogen-bond donors (Lipinski definition) is 1. The van der Waals surface area contributed by atoms with Crippen LogP contribution in [0.2, 0.25) is 0 Å². The Kier molecular flexibility index (Phi) is 5.68. The van der Waals surface area contributed by atoms with E-state index in [9.17, 15) is 9.18 Å². The van der Waals surface area contributed by atoms with Gasteiger partial charge in [0.1, 0.15) is 5.82 Å². The summed E-state index contributed by atoms with van der Waals surface area (Å²) in [6, 6.07) is 10.5. The van der Waals surface area contributed by atoms with E-state index < -0.39 is 11.7 Å². The molecule has 23 heavy (non-hydrogen) atoms. The van der Waals surface area contributed by atoms with Crippen molar-refractivity contribution in [2.45, 2.75) is 6.92 Å². The van der Waals surface area contributed by atoms with Gasteiger partial charge < -0.3 is 9.47 Å². The molecule has 120 valence electrons. The molecule has 2 rings (SSSR count). The number of nitrogens with one attached hydrogen (secondary N) is 1. The lowest BCUT2D eigenvalue weighted by molar-refractivity contribution is 0.0955. The predicted octanol–water partition coefficient (Wildman–Crippen LogP) is 3.00. The van der Waals surface area contributed by atoms with E-state index in [1.807, 2.05) is 6.92 Å². The monoisotopic (exact) mass is 316 g/mol. The average molecular weight is 316 g/mol. The zero-order chi connectivity index (χ0) is 16.7. The van der Waals surface area contributed by atoms with Crippen molar-refractivity contribution in [1.29, 1.82) is 0 Å². The van der Waals surface area contributed by atoms with E-state index in [2.05, 4.69) is 10.5 Å². The van der Waals surface area contributed by atoms with Gasteiger partial charge in [0.25, 0.3) is 5.91 Å². The number of carbonyl (C=O) groups is 1.